The molecule has 2 aromatic rings. The number of oxazole rings is 1. The van der Waals surface area contributed by atoms with Crippen LogP contribution in [-0.4, -0.2) is 19.7 Å². The zero-order valence-electron chi connectivity index (χ0n) is 10.4. The van der Waals surface area contributed by atoms with E-state index < -0.39 is 0 Å². The molecule has 2 heterocycles. The number of rotatable bonds is 3. The molecule has 17 heavy (non-hydrogen) atoms. The topological polar surface area (TPSA) is 59.6 Å². The van der Waals surface area contributed by atoms with Crippen LogP contribution in [0.2, 0.25) is 0 Å². The predicted octanol–water partition coefficient (Wildman–Crippen LogP) is 2.72. The maximum atomic E-state index is 5.56. The van der Waals surface area contributed by atoms with Gasteiger partial charge in [-0.3, -0.25) is 9.67 Å². The van der Waals surface area contributed by atoms with E-state index in [1.807, 2.05) is 18.4 Å². The lowest BCUT2D eigenvalue weighted by atomic mass is 10.2. The van der Waals surface area contributed by atoms with Gasteiger partial charge in [0.05, 0.1) is 5.69 Å². The molecule has 0 saturated carbocycles. The van der Waals surface area contributed by atoms with Crippen molar-refractivity contribution in [3.05, 3.63) is 27.9 Å². The molecule has 1 N–H and O–H groups in total. The summed E-state index contributed by atoms with van der Waals surface area (Å²) in [4.78, 5) is 4.35. The van der Waals surface area contributed by atoms with Crippen LogP contribution in [-0.2, 0) is 6.54 Å². The van der Waals surface area contributed by atoms with Crippen molar-refractivity contribution < 1.29 is 4.42 Å². The minimum atomic E-state index is 0.306. The van der Waals surface area contributed by atoms with Gasteiger partial charge in [0.25, 0.3) is 0 Å². The van der Waals surface area contributed by atoms with Crippen LogP contribution in [0.3, 0.4) is 0 Å². The number of hydrogen-bond acceptors (Lipinski definition) is 4. The van der Waals surface area contributed by atoms with Crippen molar-refractivity contribution in [2.75, 3.05) is 0 Å². The fourth-order valence-electron chi connectivity index (χ4n) is 1.67. The first-order valence-electron chi connectivity index (χ1n) is 5.57. The Morgan fingerprint density at radius 3 is 2.65 bits per heavy atom. The van der Waals surface area contributed by atoms with E-state index in [0.717, 1.165) is 17.3 Å². The molecule has 6 heteroatoms. The van der Waals surface area contributed by atoms with E-state index in [2.05, 4.69) is 29.0 Å². The molecule has 92 valence electrons. The Labute approximate surface area is 105 Å². The van der Waals surface area contributed by atoms with Crippen molar-refractivity contribution in [2.45, 2.75) is 40.2 Å². The number of aryl methyl sites for hydroxylation is 2. The highest BCUT2D eigenvalue weighted by Crippen LogP contribution is 2.15. The normalized spacial score (nSPS) is 11.4. The molecule has 0 radical (unpaired) electrons. The smallest absolute Gasteiger partial charge is 0.214 e. The summed E-state index contributed by atoms with van der Waals surface area (Å²) in [6, 6.07) is 0. The summed E-state index contributed by atoms with van der Waals surface area (Å²) in [7, 11) is 0. The van der Waals surface area contributed by atoms with Crippen LogP contribution in [0.1, 0.15) is 42.9 Å². The minimum absolute atomic E-state index is 0.306. The van der Waals surface area contributed by atoms with Gasteiger partial charge in [-0.15, -0.1) is 0 Å². The summed E-state index contributed by atoms with van der Waals surface area (Å²) < 4.78 is 8.08. The molecule has 0 aliphatic rings. The van der Waals surface area contributed by atoms with Gasteiger partial charge in [-0.05, 0) is 26.1 Å². The van der Waals surface area contributed by atoms with Crippen molar-refractivity contribution in [1.82, 2.24) is 19.7 Å². The molecule has 5 nitrogen and oxygen atoms in total. The van der Waals surface area contributed by atoms with Crippen molar-refractivity contribution in [3.63, 3.8) is 0 Å². The van der Waals surface area contributed by atoms with Crippen molar-refractivity contribution in [3.8, 4) is 0 Å². The standard InChI is InChI=1S/C11H16N4OS/c1-6(2)10-13-14-11(17)15(10)5-9-12-7(3)8(4)16-9/h6H,5H2,1-4H3,(H,14,17). The van der Waals surface area contributed by atoms with E-state index >= 15 is 0 Å². The number of H-pyrrole nitrogens is 1. The molecule has 0 unspecified atom stereocenters. The lowest BCUT2D eigenvalue weighted by Gasteiger charge is -2.06. The molecule has 0 spiro atoms. The first-order valence-corrected chi connectivity index (χ1v) is 5.98. The number of nitrogens with one attached hydrogen (secondary N) is 1. The molecule has 0 fully saturated rings. The fraction of sp³-hybridized carbons (Fsp3) is 0.545. The van der Waals surface area contributed by atoms with Crippen LogP contribution in [0.15, 0.2) is 4.42 Å². The lowest BCUT2D eigenvalue weighted by molar-refractivity contribution is 0.450. The monoisotopic (exact) mass is 252 g/mol. The number of nitrogens with zero attached hydrogens (tertiary/aromatic N) is 3. The summed E-state index contributed by atoms with van der Waals surface area (Å²) in [6.45, 7) is 8.52. The quantitative estimate of drug-likeness (QED) is 0.853. The zero-order valence-corrected chi connectivity index (χ0v) is 11.3. The Bertz CT molecular complexity index is 559. The van der Waals surface area contributed by atoms with Crippen molar-refractivity contribution in [1.29, 1.82) is 0 Å². The third-order valence-corrected chi connectivity index (χ3v) is 2.98. The summed E-state index contributed by atoms with van der Waals surface area (Å²) in [5.74, 6) is 2.74. The SMILES string of the molecule is Cc1nc(Cn2c(C(C)C)n[nH]c2=S)oc1C. The summed E-state index contributed by atoms with van der Waals surface area (Å²) in [5.41, 5.74) is 0.918. The second-order valence-electron chi connectivity index (χ2n) is 4.38. The van der Waals surface area contributed by atoms with Crippen molar-refractivity contribution in [2.24, 2.45) is 0 Å². The van der Waals surface area contributed by atoms with E-state index in [1.54, 1.807) is 0 Å². The van der Waals surface area contributed by atoms with Gasteiger partial charge in [0.15, 0.2) is 4.77 Å². The van der Waals surface area contributed by atoms with E-state index in [4.69, 9.17) is 16.6 Å². The second kappa shape index (κ2) is 4.44. The summed E-state index contributed by atoms with van der Waals surface area (Å²) in [6.07, 6.45) is 0. The number of hydrogen-bond donors (Lipinski definition) is 1. The highest BCUT2D eigenvalue weighted by molar-refractivity contribution is 7.71. The molecule has 0 atom stereocenters. The van der Waals surface area contributed by atoms with Crippen LogP contribution in [0.5, 0.6) is 0 Å². The maximum absolute atomic E-state index is 5.56. The predicted molar refractivity (Wildman–Crippen MR) is 66.6 cm³/mol. The maximum Gasteiger partial charge on any atom is 0.214 e. The molecule has 0 aliphatic carbocycles. The summed E-state index contributed by atoms with van der Waals surface area (Å²) in [5, 5.41) is 7.02. The third-order valence-electron chi connectivity index (χ3n) is 2.67. The van der Waals surface area contributed by atoms with Crippen LogP contribution < -0.4 is 0 Å². The first kappa shape index (κ1) is 12.0. The first-order chi connectivity index (χ1) is 7.99. The molecule has 2 aromatic heterocycles. The molecule has 0 aliphatic heterocycles. The molecule has 0 aromatic carbocycles. The minimum Gasteiger partial charge on any atom is -0.444 e. The van der Waals surface area contributed by atoms with Crippen LogP contribution in [0.4, 0.5) is 0 Å². The number of aromatic nitrogens is 4. The Morgan fingerprint density at radius 1 is 1.41 bits per heavy atom. The van der Waals surface area contributed by atoms with E-state index in [-0.39, 0.29) is 0 Å². The Hall–Kier alpha value is -1.43. The van der Waals surface area contributed by atoms with Gasteiger partial charge < -0.3 is 4.42 Å². The summed E-state index contributed by atoms with van der Waals surface area (Å²) >= 11 is 5.21. The zero-order chi connectivity index (χ0) is 12.6. The molecule has 0 saturated heterocycles. The lowest BCUT2D eigenvalue weighted by Crippen LogP contribution is -2.07. The van der Waals surface area contributed by atoms with Gasteiger partial charge in [0, 0.05) is 5.92 Å². The molecule has 2 rings (SSSR count). The molecular formula is C11H16N4OS. The van der Waals surface area contributed by atoms with E-state index in [9.17, 15) is 0 Å². The van der Waals surface area contributed by atoms with Crippen LogP contribution in [0, 0.1) is 18.6 Å². The highest BCUT2D eigenvalue weighted by atomic mass is 32.1. The molecule has 0 bridgehead atoms. The van der Waals surface area contributed by atoms with Crippen LogP contribution >= 0.6 is 12.2 Å². The van der Waals surface area contributed by atoms with Gasteiger partial charge in [-0.25, -0.2) is 4.98 Å². The Morgan fingerprint density at radius 2 is 2.12 bits per heavy atom. The Kier molecular flexibility index (Phi) is 3.15. The van der Waals surface area contributed by atoms with Gasteiger partial charge in [0.2, 0.25) is 5.89 Å². The average molecular weight is 252 g/mol. The van der Waals surface area contributed by atoms with E-state index in [1.165, 1.54) is 0 Å². The van der Waals surface area contributed by atoms with Gasteiger partial charge >= 0.3 is 0 Å². The third kappa shape index (κ3) is 2.31. The average Bonchev–Trinajstić information content (AvgIpc) is 2.74. The molecular weight excluding hydrogens is 236 g/mol. The largest absolute Gasteiger partial charge is 0.444 e. The van der Waals surface area contributed by atoms with Crippen LogP contribution in [0.25, 0.3) is 0 Å². The fourth-order valence-corrected chi connectivity index (χ4v) is 1.87. The van der Waals surface area contributed by atoms with Crippen molar-refractivity contribution >= 4 is 12.2 Å². The van der Waals surface area contributed by atoms with Gasteiger partial charge in [-0.2, -0.15) is 5.10 Å². The van der Waals surface area contributed by atoms with E-state index in [0.29, 0.717) is 23.1 Å². The second-order valence-corrected chi connectivity index (χ2v) is 4.76. The Balaban J connectivity index is 2.35. The molecule has 0 amide bonds. The van der Waals surface area contributed by atoms with Gasteiger partial charge in [0.1, 0.15) is 18.1 Å². The highest BCUT2D eigenvalue weighted by Gasteiger charge is 2.13. The number of aromatic amines is 1. The van der Waals surface area contributed by atoms with Gasteiger partial charge in [-0.1, -0.05) is 13.8 Å².